The summed E-state index contributed by atoms with van der Waals surface area (Å²) in [7, 11) is 0. The van der Waals surface area contributed by atoms with E-state index in [1.54, 1.807) is 0 Å². The van der Waals surface area contributed by atoms with Crippen LogP contribution in [0, 0.1) is 0 Å². The van der Waals surface area contributed by atoms with E-state index >= 15 is 0 Å². The average molecular weight is 386 g/mol. The van der Waals surface area contributed by atoms with Crippen molar-refractivity contribution < 1.29 is 14.0 Å². The highest BCUT2D eigenvalue weighted by Gasteiger charge is 1.97. The first-order valence-corrected chi connectivity index (χ1v) is 12.1. The molecule has 0 bridgehead atoms. The third kappa shape index (κ3) is 25.5. The minimum atomic E-state index is -1.73. The summed E-state index contributed by atoms with van der Waals surface area (Å²) in [5.74, 6) is -0.663. The van der Waals surface area contributed by atoms with Crippen LogP contribution in [0.3, 0.4) is 0 Å². The standard InChI is InChI=1S/C25H50O2/c1-2-3-4-5-6-7-8-9-10-11-12-13-14-15-16-17-18-19-20-21-22-23-24-25(26)27/h2-24H2,1H3,(H,26,27)/i1D3. The van der Waals surface area contributed by atoms with Crippen molar-refractivity contribution in [2.24, 2.45) is 0 Å². The van der Waals surface area contributed by atoms with E-state index in [1.165, 1.54) is 109 Å². The van der Waals surface area contributed by atoms with Gasteiger partial charge in [-0.1, -0.05) is 142 Å². The summed E-state index contributed by atoms with van der Waals surface area (Å²) in [6.07, 6.45) is 27.3. The van der Waals surface area contributed by atoms with E-state index in [2.05, 4.69) is 0 Å². The van der Waals surface area contributed by atoms with Crippen LogP contribution in [0.5, 0.6) is 0 Å². The van der Waals surface area contributed by atoms with Gasteiger partial charge in [-0.15, -0.1) is 0 Å². The van der Waals surface area contributed by atoms with Gasteiger partial charge in [0.15, 0.2) is 0 Å². The molecule has 2 nitrogen and oxygen atoms in total. The smallest absolute Gasteiger partial charge is 0.303 e. The lowest BCUT2D eigenvalue weighted by atomic mass is 10.0. The van der Waals surface area contributed by atoms with Gasteiger partial charge in [0.2, 0.25) is 0 Å². The first-order chi connectivity index (χ1) is 14.4. The fraction of sp³-hybridized carbons (Fsp3) is 0.960. The summed E-state index contributed by atoms with van der Waals surface area (Å²) in [5.41, 5.74) is 0. The first-order valence-electron chi connectivity index (χ1n) is 13.6. The van der Waals surface area contributed by atoms with E-state index < -0.39 is 12.8 Å². The Bertz CT molecular complexity index is 370. The normalized spacial score (nSPS) is 13.3. The van der Waals surface area contributed by atoms with Crippen molar-refractivity contribution in [2.75, 3.05) is 0 Å². The number of hydrogen-bond acceptors (Lipinski definition) is 1. The maximum Gasteiger partial charge on any atom is 0.303 e. The molecule has 1 N–H and O–H groups in total. The maximum absolute atomic E-state index is 10.4. The van der Waals surface area contributed by atoms with Crippen molar-refractivity contribution in [2.45, 2.75) is 155 Å². The Morgan fingerprint density at radius 1 is 0.519 bits per heavy atom. The molecule has 0 atom stereocenters. The van der Waals surface area contributed by atoms with Gasteiger partial charge in [-0.05, 0) is 6.42 Å². The average Bonchev–Trinajstić information content (AvgIpc) is 2.67. The summed E-state index contributed by atoms with van der Waals surface area (Å²) in [6.45, 7) is -1.73. The molecule has 0 unspecified atom stereocenters. The van der Waals surface area contributed by atoms with Crippen LogP contribution in [-0.2, 0) is 4.79 Å². The predicted molar refractivity (Wildman–Crippen MR) is 120 cm³/mol. The van der Waals surface area contributed by atoms with Crippen LogP contribution in [0.2, 0.25) is 0 Å². The van der Waals surface area contributed by atoms with Crippen LogP contribution >= 0.6 is 0 Å². The summed E-state index contributed by atoms with van der Waals surface area (Å²) in [4.78, 5) is 10.4. The maximum atomic E-state index is 10.4. The molecule has 0 saturated heterocycles. The molecule has 27 heavy (non-hydrogen) atoms. The van der Waals surface area contributed by atoms with E-state index in [0.717, 1.165) is 25.7 Å². The second kappa shape index (κ2) is 23.5. The number of aliphatic carboxylic acids is 1. The van der Waals surface area contributed by atoms with E-state index in [1.807, 2.05) is 0 Å². The summed E-state index contributed by atoms with van der Waals surface area (Å²) in [6, 6.07) is 0. The van der Waals surface area contributed by atoms with Gasteiger partial charge in [0, 0.05) is 10.5 Å². The molecule has 0 rings (SSSR count). The quantitative estimate of drug-likeness (QED) is 0.178. The van der Waals surface area contributed by atoms with Crippen molar-refractivity contribution in [3.63, 3.8) is 0 Å². The van der Waals surface area contributed by atoms with Crippen LogP contribution in [0.15, 0.2) is 0 Å². The molecule has 0 fully saturated rings. The largest absolute Gasteiger partial charge is 0.481 e. The molecule has 0 saturated carbocycles. The highest BCUT2D eigenvalue weighted by atomic mass is 16.4. The summed E-state index contributed by atoms with van der Waals surface area (Å²) >= 11 is 0. The minimum absolute atomic E-state index is 0.331. The number of carboxylic acid groups (broad SMARTS) is 1. The molecule has 0 amide bonds. The van der Waals surface area contributed by atoms with Gasteiger partial charge < -0.3 is 5.11 Å². The van der Waals surface area contributed by atoms with Gasteiger partial charge in [0.05, 0.1) is 0 Å². The molecule has 0 aromatic carbocycles. The van der Waals surface area contributed by atoms with Crippen LogP contribution in [0.25, 0.3) is 0 Å². The molecule has 0 spiro atoms. The Labute approximate surface area is 175 Å². The monoisotopic (exact) mass is 385 g/mol. The molecule has 0 radical (unpaired) electrons. The van der Waals surface area contributed by atoms with Gasteiger partial charge >= 0.3 is 5.97 Å². The second-order valence-corrected chi connectivity index (χ2v) is 8.32. The van der Waals surface area contributed by atoms with Crippen molar-refractivity contribution in [3.8, 4) is 0 Å². The first kappa shape index (κ1) is 21.2. The van der Waals surface area contributed by atoms with E-state index in [4.69, 9.17) is 9.22 Å². The predicted octanol–water partition coefficient (Wildman–Crippen LogP) is 9.06. The third-order valence-electron chi connectivity index (χ3n) is 5.57. The fourth-order valence-corrected chi connectivity index (χ4v) is 3.76. The molecular formula is C25H50O2. The Morgan fingerprint density at radius 2 is 0.778 bits per heavy atom. The van der Waals surface area contributed by atoms with E-state index in [9.17, 15) is 4.79 Å². The highest BCUT2D eigenvalue weighted by Crippen LogP contribution is 2.15. The highest BCUT2D eigenvalue weighted by molar-refractivity contribution is 5.66. The van der Waals surface area contributed by atoms with Gasteiger partial charge in [-0.25, -0.2) is 0 Å². The number of hydrogen-bond donors (Lipinski definition) is 1. The zero-order chi connectivity index (χ0) is 22.3. The van der Waals surface area contributed by atoms with E-state index in [0.29, 0.717) is 12.8 Å². The van der Waals surface area contributed by atoms with Crippen LogP contribution in [0.4, 0.5) is 0 Å². The Kier molecular flexibility index (Phi) is 18.4. The third-order valence-corrected chi connectivity index (χ3v) is 5.57. The molecule has 0 aliphatic carbocycles. The Morgan fingerprint density at radius 3 is 1.04 bits per heavy atom. The Balaban J connectivity index is 3.04. The molecule has 162 valence electrons. The van der Waals surface area contributed by atoms with Crippen molar-refractivity contribution in [1.29, 1.82) is 0 Å². The van der Waals surface area contributed by atoms with Crippen molar-refractivity contribution in [1.82, 2.24) is 0 Å². The lowest BCUT2D eigenvalue weighted by Crippen LogP contribution is -1.93. The zero-order valence-corrected chi connectivity index (χ0v) is 18.1. The molecule has 0 aliphatic heterocycles. The molecule has 2 heteroatoms. The summed E-state index contributed by atoms with van der Waals surface area (Å²) in [5, 5.41) is 8.58. The molecular weight excluding hydrogens is 332 g/mol. The fourth-order valence-electron chi connectivity index (χ4n) is 3.76. The zero-order valence-electron chi connectivity index (χ0n) is 21.1. The lowest BCUT2D eigenvalue weighted by molar-refractivity contribution is -0.137. The summed E-state index contributed by atoms with van der Waals surface area (Å²) < 4.78 is 21.6. The van der Waals surface area contributed by atoms with Crippen molar-refractivity contribution in [3.05, 3.63) is 0 Å². The van der Waals surface area contributed by atoms with Crippen LogP contribution < -0.4 is 0 Å². The number of unbranched alkanes of at least 4 members (excludes halogenated alkanes) is 20. The van der Waals surface area contributed by atoms with E-state index in [-0.39, 0.29) is 0 Å². The Hall–Kier alpha value is -0.530. The number of carboxylic acids is 1. The molecule has 0 aromatic heterocycles. The van der Waals surface area contributed by atoms with Gasteiger partial charge in [0.1, 0.15) is 0 Å². The molecule has 0 heterocycles. The second-order valence-electron chi connectivity index (χ2n) is 8.32. The SMILES string of the molecule is [2H]C([2H])([2H])CCCCCCCCCCCCCCCCCCCCCCCC(=O)O. The number of carbonyl (C=O) groups is 1. The number of rotatable bonds is 23. The van der Waals surface area contributed by atoms with Crippen LogP contribution in [-0.4, -0.2) is 11.1 Å². The van der Waals surface area contributed by atoms with Crippen LogP contribution in [0.1, 0.15) is 159 Å². The van der Waals surface area contributed by atoms with Gasteiger partial charge in [-0.3, -0.25) is 4.79 Å². The topological polar surface area (TPSA) is 37.3 Å². The molecule has 0 aromatic rings. The van der Waals surface area contributed by atoms with Gasteiger partial charge in [0.25, 0.3) is 0 Å². The molecule has 0 aliphatic rings. The minimum Gasteiger partial charge on any atom is -0.481 e. The van der Waals surface area contributed by atoms with Crippen molar-refractivity contribution >= 4 is 5.97 Å². The van der Waals surface area contributed by atoms with Gasteiger partial charge in [-0.2, -0.15) is 0 Å². The lowest BCUT2D eigenvalue weighted by Gasteiger charge is -2.04.